The second-order valence-corrected chi connectivity index (χ2v) is 7.58. The van der Waals surface area contributed by atoms with Crippen LogP contribution >= 0.6 is 11.6 Å². The number of carbonyl (C=O) groups excluding carboxylic acids is 2. The second kappa shape index (κ2) is 10.6. The Morgan fingerprint density at radius 2 is 1.74 bits per heavy atom. The van der Waals surface area contributed by atoms with Crippen molar-refractivity contribution in [2.45, 2.75) is 6.92 Å². The molecule has 0 saturated carbocycles. The minimum atomic E-state index is -0.557. The van der Waals surface area contributed by atoms with E-state index in [-0.39, 0.29) is 17.3 Å². The molecule has 0 aromatic heterocycles. The molecule has 1 aliphatic rings. The molecule has 7 heteroatoms. The largest absolute Gasteiger partial charge is 0.490 e. The van der Waals surface area contributed by atoms with Gasteiger partial charge in [-0.1, -0.05) is 48.0 Å². The number of halogens is 1. The van der Waals surface area contributed by atoms with Gasteiger partial charge in [-0.3, -0.25) is 0 Å². The first kappa shape index (κ1) is 23.0. The van der Waals surface area contributed by atoms with Crippen LogP contribution < -0.4 is 9.47 Å². The highest BCUT2D eigenvalue weighted by Crippen LogP contribution is 2.30. The lowest BCUT2D eigenvalue weighted by Crippen LogP contribution is -2.06. The van der Waals surface area contributed by atoms with Crippen molar-refractivity contribution in [2.75, 3.05) is 6.61 Å². The van der Waals surface area contributed by atoms with Crippen LogP contribution in [0, 0.1) is 0 Å². The fourth-order valence-corrected chi connectivity index (χ4v) is 3.24. The van der Waals surface area contributed by atoms with Gasteiger partial charge >= 0.3 is 11.9 Å². The van der Waals surface area contributed by atoms with Crippen LogP contribution in [-0.4, -0.2) is 24.4 Å². The number of aliphatic imine (C=N–C) groups is 1. The topological polar surface area (TPSA) is 74.2 Å². The Hall–Kier alpha value is -4.16. The number of rotatable bonds is 7. The fraction of sp³-hybridized carbons (Fsp3) is 0.0741. The van der Waals surface area contributed by atoms with Gasteiger partial charge in [-0.05, 0) is 66.6 Å². The van der Waals surface area contributed by atoms with E-state index in [1.165, 1.54) is 6.08 Å². The first-order valence-corrected chi connectivity index (χ1v) is 10.9. The van der Waals surface area contributed by atoms with Crippen LogP contribution in [0.15, 0.2) is 89.6 Å². The zero-order chi connectivity index (χ0) is 23.9. The van der Waals surface area contributed by atoms with Crippen LogP contribution in [0.3, 0.4) is 0 Å². The molecule has 3 aromatic rings. The number of esters is 2. The van der Waals surface area contributed by atoms with E-state index < -0.39 is 11.9 Å². The summed E-state index contributed by atoms with van der Waals surface area (Å²) in [6.07, 6.45) is 4.54. The van der Waals surface area contributed by atoms with Crippen LogP contribution in [-0.2, 0) is 14.3 Å². The van der Waals surface area contributed by atoms with Crippen LogP contribution in [0.1, 0.15) is 23.6 Å². The average Bonchev–Trinajstić information content (AvgIpc) is 3.21. The van der Waals surface area contributed by atoms with Gasteiger partial charge in [-0.2, -0.15) is 0 Å². The Bertz CT molecular complexity index is 1290. The summed E-state index contributed by atoms with van der Waals surface area (Å²) in [6.45, 7) is 2.19. The van der Waals surface area contributed by atoms with Gasteiger partial charge in [-0.15, -0.1) is 0 Å². The minimum Gasteiger partial charge on any atom is -0.490 e. The normalized spacial score (nSPS) is 14.2. The molecular weight excluding hydrogens is 454 g/mol. The molecule has 0 unspecified atom stereocenters. The number of nitrogens with zero attached hydrogens (tertiary/aromatic N) is 1. The summed E-state index contributed by atoms with van der Waals surface area (Å²) in [5, 5.41) is 0.615. The number of ether oxygens (including phenoxy) is 3. The third-order valence-electron chi connectivity index (χ3n) is 4.70. The lowest BCUT2D eigenvalue weighted by molar-refractivity contribution is -0.130. The maximum Gasteiger partial charge on any atom is 0.363 e. The molecule has 34 heavy (non-hydrogen) atoms. The van der Waals surface area contributed by atoms with Crippen molar-refractivity contribution >= 4 is 41.6 Å². The summed E-state index contributed by atoms with van der Waals surface area (Å²) < 4.78 is 16.4. The molecule has 6 nitrogen and oxygen atoms in total. The van der Waals surface area contributed by atoms with Crippen molar-refractivity contribution in [1.82, 2.24) is 0 Å². The Morgan fingerprint density at radius 1 is 1.00 bits per heavy atom. The molecule has 3 aromatic carbocycles. The molecule has 0 bridgehead atoms. The van der Waals surface area contributed by atoms with Gasteiger partial charge in [-0.25, -0.2) is 14.6 Å². The molecule has 0 radical (unpaired) electrons. The van der Waals surface area contributed by atoms with Crippen molar-refractivity contribution in [3.05, 3.63) is 106 Å². The molecule has 0 fully saturated rings. The van der Waals surface area contributed by atoms with Gasteiger partial charge in [0.1, 0.15) is 0 Å². The summed E-state index contributed by atoms with van der Waals surface area (Å²) in [5.41, 5.74) is 2.33. The van der Waals surface area contributed by atoms with E-state index in [4.69, 9.17) is 25.8 Å². The molecule has 170 valence electrons. The Morgan fingerprint density at radius 3 is 2.47 bits per heavy atom. The van der Waals surface area contributed by atoms with Crippen LogP contribution in [0.5, 0.6) is 11.5 Å². The summed E-state index contributed by atoms with van der Waals surface area (Å²) >= 11 is 5.87. The first-order valence-electron chi connectivity index (χ1n) is 10.5. The van der Waals surface area contributed by atoms with E-state index in [2.05, 4.69) is 4.99 Å². The summed E-state index contributed by atoms with van der Waals surface area (Å²) in [7, 11) is 0. The lowest BCUT2D eigenvalue weighted by atomic mass is 10.1. The fourth-order valence-electron chi connectivity index (χ4n) is 3.12. The van der Waals surface area contributed by atoms with E-state index in [0.717, 1.165) is 5.56 Å². The smallest absolute Gasteiger partial charge is 0.363 e. The highest BCUT2D eigenvalue weighted by atomic mass is 35.5. The highest BCUT2D eigenvalue weighted by molar-refractivity contribution is 6.30. The number of carbonyl (C=O) groups is 2. The van der Waals surface area contributed by atoms with Crippen LogP contribution in [0.2, 0.25) is 5.02 Å². The minimum absolute atomic E-state index is 0.164. The Kier molecular flexibility index (Phi) is 7.20. The number of cyclic esters (lactones) is 1. The van der Waals surface area contributed by atoms with E-state index in [0.29, 0.717) is 28.5 Å². The molecule has 0 spiro atoms. The molecule has 4 rings (SSSR count). The summed E-state index contributed by atoms with van der Waals surface area (Å²) in [5.74, 6) is -0.223. The van der Waals surface area contributed by atoms with E-state index in [9.17, 15) is 9.59 Å². The maximum absolute atomic E-state index is 12.3. The van der Waals surface area contributed by atoms with Gasteiger partial charge in [0.15, 0.2) is 17.2 Å². The highest BCUT2D eigenvalue weighted by Gasteiger charge is 2.24. The maximum atomic E-state index is 12.3. The third kappa shape index (κ3) is 5.79. The van der Waals surface area contributed by atoms with Crippen molar-refractivity contribution in [2.24, 2.45) is 4.99 Å². The standard InChI is InChI=1S/C27H20ClNO5/c1-2-32-24-17-19(16-22-27(31)34-26(29-22)20-6-4-3-5-7-20)10-14-23(24)33-25(30)15-11-18-8-12-21(28)13-9-18/h3-17H,2H2,1H3/b15-11+,22-16-. The predicted octanol–water partition coefficient (Wildman–Crippen LogP) is 5.70. The van der Waals surface area contributed by atoms with E-state index in [1.54, 1.807) is 54.6 Å². The van der Waals surface area contributed by atoms with Gasteiger partial charge in [0, 0.05) is 16.7 Å². The Balaban J connectivity index is 1.52. The molecular formula is C27H20ClNO5. The molecule has 0 amide bonds. The molecule has 0 saturated heterocycles. The Labute approximate surface area is 201 Å². The van der Waals surface area contributed by atoms with Gasteiger partial charge < -0.3 is 14.2 Å². The predicted molar refractivity (Wildman–Crippen MR) is 131 cm³/mol. The number of benzene rings is 3. The average molecular weight is 474 g/mol. The van der Waals surface area contributed by atoms with Crippen molar-refractivity contribution in [3.8, 4) is 11.5 Å². The first-order chi connectivity index (χ1) is 16.5. The van der Waals surface area contributed by atoms with Crippen molar-refractivity contribution in [1.29, 1.82) is 0 Å². The number of hydrogen-bond acceptors (Lipinski definition) is 6. The monoisotopic (exact) mass is 473 g/mol. The molecule has 0 aliphatic carbocycles. The van der Waals surface area contributed by atoms with E-state index in [1.807, 2.05) is 37.3 Å². The summed E-state index contributed by atoms with van der Waals surface area (Å²) in [6, 6.07) is 21.2. The second-order valence-electron chi connectivity index (χ2n) is 7.15. The molecule has 0 N–H and O–H groups in total. The number of hydrogen-bond donors (Lipinski definition) is 0. The quantitative estimate of drug-likeness (QED) is 0.250. The van der Waals surface area contributed by atoms with Crippen molar-refractivity contribution in [3.63, 3.8) is 0 Å². The molecule has 0 atom stereocenters. The van der Waals surface area contributed by atoms with Crippen LogP contribution in [0.4, 0.5) is 0 Å². The zero-order valence-electron chi connectivity index (χ0n) is 18.2. The molecule has 1 aliphatic heterocycles. The van der Waals surface area contributed by atoms with Gasteiger partial charge in [0.05, 0.1) is 6.61 Å². The molecule has 1 heterocycles. The zero-order valence-corrected chi connectivity index (χ0v) is 19.0. The van der Waals surface area contributed by atoms with Gasteiger partial charge in [0.25, 0.3) is 0 Å². The summed E-state index contributed by atoms with van der Waals surface area (Å²) in [4.78, 5) is 28.9. The van der Waals surface area contributed by atoms with E-state index >= 15 is 0 Å². The lowest BCUT2D eigenvalue weighted by Gasteiger charge is -2.10. The van der Waals surface area contributed by atoms with Crippen molar-refractivity contribution < 1.29 is 23.8 Å². The van der Waals surface area contributed by atoms with Gasteiger partial charge in [0.2, 0.25) is 5.90 Å². The third-order valence-corrected chi connectivity index (χ3v) is 4.96. The van der Waals surface area contributed by atoms with Crippen LogP contribution in [0.25, 0.3) is 12.2 Å². The SMILES string of the molecule is CCOc1cc(/C=C2\N=C(c3ccccc3)OC2=O)ccc1OC(=O)/C=C/c1ccc(Cl)cc1.